The highest BCUT2D eigenvalue weighted by molar-refractivity contribution is 14.0. The highest BCUT2D eigenvalue weighted by Gasteiger charge is 2.13. The van der Waals surface area contributed by atoms with Crippen LogP contribution in [-0.4, -0.2) is 44.1 Å². The van der Waals surface area contributed by atoms with E-state index in [1.165, 1.54) is 0 Å². The molecule has 0 heterocycles. The van der Waals surface area contributed by atoms with Crippen LogP contribution >= 0.6 is 24.0 Å². The molecule has 0 aliphatic rings. The molecule has 0 aliphatic carbocycles. The lowest BCUT2D eigenvalue weighted by Gasteiger charge is -2.21. The molecule has 0 unspecified atom stereocenters. The fraction of sp³-hybridized carbons (Fsp3) is 0.529. The summed E-state index contributed by atoms with van der Waals surface area (Å²) in [6, 6.07) is 7.91. The number of nitrogens with zero attached hydrogens (tertiary/aromatic N) is 1. The first-order valence-electron chi connectivity index (χ1n) is 7.75. The topological polar surface area (TPSA) is 74.8 Å². The van der Waals surface area contributed by atoms with Crippen LogP contribution < -0.4 is 20.7 Å². The fourth-order valence-corrected chi connectivity index (χ4v) is 1.89. The molecule has 24 heavy (non-hydrogen) atoms. The summed E-state index contributed by atoms with van der Waals surface area (Å²) in [5.74, 6) is 1.35. The second kappa shape index (κ2) is 11.1. The van der Waals surface area contributed by atoms with Crippen LogP contribution in [0.5, 0.6) is 5.75 Å². The number of aliphatic imine (C=N–C) groups is 1. The number of halogens is 1. The van der Waals surface area contributed by atoms with Crippen LogP contribution in [0.25, 0.3) is 0 Å². The van der Waals surface area contributed by atoms with Crippen molar-refractivity contribution in [2.45, 2.75) is 33.2 Å². The normalized spacial score (nSPS) is 11.3. The van der Waals surface area contributed by atoms with E-state index in [0.29, 0.717) is 19.1 Å². The lowest BCUT2D eigenvalue weighted by Crippen LogP contribution is -2.48. The van der Waals surface area contributed by atoms with Gasteiger partial charge in [0.1, 0.15) is 12.4 Å². The minimum atomic E-state index is -0.239. The number of carbonyl (C=O) groups excluding carboxylic acids is 1. The van der Waals surface area contributed by atoms with Gasteiger partial charge in [0.25, 0.3) is 0 Å². The Balaban J connectivity index is 0.00000529. The molecule has 0 fully saturated rings. The number of hydrogen-bond donors (Lipinski definition) is 3. The zero-order valence-electron chi connectivity index (χ0n) is 15.1. The third kappa shape index (κ3) is 10.3. The van der Waals surface area contributed by atoms with Crippen molar-refractivity contribution in [2.75, 3.05) is 26.7 Å². The number of guanidine groups is 1. The Morgan fingerprint density at radius 3 is 2.54 bits per heavy atom. The molecule has 0 atom stereocenters. The van der Waals surface area contributed by atoms with Crippen molar-refractivity contribution in [1.29, 1.82) is 0 Å². The summed E-state index contributed by atoms with van der Waals surface area (Å²) in [5.41, 5.74) is 0.926. The molecular weight excluding hydrogens is 419 g/mol. The summed E-state index contributed by atoms with van der Waals surface area (Å²) in [5, 5.41) is 8.96. The number of nitrogens with one attached hydrogen (secondary N) is 3. The summed E-state index contributed by atoms with van der Waals surface area (Å²) in [4.78, 5) is 15.8. The summed E-state index contributed by atoms with van der Waals surface area (Å²) < 4.78 is 5.65. The number of rotatable bonds is 6. The third-order valence-corrected chi connectivity index (χ3v) is 2.81. The zero-order chi connectivity index (χ0) is 17.3. The maximum Gasteiger partial charge on any atom is 0.239 e. The molecule has 7 heteroatoms. The lowest BCUT2D eigenvalue weighted by atomic mass is 10.1. The van der Waals surface area contributed by atoms with Gasteiger partial charge in [0.2, 0.25) is 5.91 Å². The molecule has 0 spiro atoms. The van der Waals surface area contributed by atoms with Crippen molar-refractivity contribution in [3.05, 3.63) is 29.8 Å². The van der Waals surface area contributed by atoms with E-state index < -0.39 is 0 Å². The average Bonchev–Trinajstić information content (AvgIpc) is 2.45. The van der Waals surface area contributed by atoms with Crippen LogP contribution in [0.1, 0.15) is 26.3 Å². The van der Waals surface area contributed by atoms with E-state index in [9.17, 15) is 4.79 Å². The predicted molar refractivity (Wildman–Crippen MR) is 109 cm³/mol. The molecule has 1 aromatic rings. The number of hydrogen-bond acceptors (Lipinski definition) is 3. The lowest BCUT2D eigenvalue weighted by molar-refractivity contribution is -0.121. The molecule has 0 saturated heterocycles. The summed E-state index contributed by atoms with van der Waals surface area (Å²) >= 11 is 0. The van der Waals surface area contributed by atoms with Crippen LogP contribution in [0.3, 0.4) is 0 Å². The van der Waals surface area contributed by atoms with Crippen LogP contribution in [-0.2, 0) is 4.79 Å². The Morgan fingerprint density at radius 2 is 1.96 bits per heavy atom. The van der Waals surface area contributed by atoms with Crippen molar-refractivity contribution in [3.8, 4) is 5.75 Å². The van der Waals surface area contributed by atoms with Gasteiger partial charge in [0, 0.05) is 12.6 Å². The highest BCUT2D eigenvalue weighted by Crippen LogP contribution is 2.11. The Morgan fingerprint density at radius 1 is 1.25 bits per heavy atom. The first-order chi connectivity index (χ1) is 10.8. The Hall–Kier alpha value is -1.51. The van der Waals surface area contributed by atoms with Gasteiger partial charge >= 0.3 is 0 Å². The smallest absolute Gasteiger partial charge is 0.239 e. The number of amides is 1. The van der Waals surface area contributed by atoms with E-state index in [2.05, 4.69) is 20.9 Å². The molecule has 1 aromatic carbocycles. The van der Waals surface area contributed by atoms with Crippen molar-refractivity contribution in [2.24, 2.45) is 4.99 Å². The van der Waals surface area contributed by atoms with E-state index in [1.54, 1.807) is 7.05 Å². The van der Waals surface area contributed by atoms with E-state index >= 15 is 0 Å². The zero-order valence-corrected chi connectivity index (χ0v) is 17.4. The second-order valence-corrected chi connectivity index (χ2v) is 6.32. The molecule has 0 aliphatic heterocycles. The molecule has 1 rings (SSSR count). The average molecular weight is 448 g/mol. The molecular formula is C17H29IN4O2. The van der Waals surface area contributed by atoms with Gasteiger partial charge < -0.3 is 20.7 Å². The van der Waals surface area contributed by atoms with E-state index in [4.69, 9.17) is 4.74 Å². The maximum absolute atomic E-state index is 11.7. The second-order valence-electron chi connectivity index (χ2n) is 6.32. The van der Waals surface area contributed by atoms with Crippen molar-refractivity contribution >= 4 is 35.8 Å². The number of ether oxygens (including phenoxy) is 1. The van der Waals surface area contributed by atoms with Gasteiger partial charge in [0.05, 0.1) is 13.1 Å². The van der Waals surface area contributed by atoms with Gasteiger partial charge in [-0.05, 0) is 45.4 Å². The Kier molecular flexibility index (Phi) is 10.4. The molecule has 0 radical (unpaired) electrons. The molecule has 0 saturated carbocycles. The van der Waals surface area contributed by atoms with Gasteiger partial charge in [-0.2, -0.15) is 0 Å². The Bertz CT molecular complexity index is 542. The standard InChI is InChI=1S/C17H28N4O2.HI/c1-13-7-6-8-14(11-13)23-10-9-19-16(18-5)20-12-15(22)21-17(2,3)4;/h6-8,11H,9-10,12H2,1-5H3,(H,21,22)(H2,18,19,20);1H. The minimum Gasteiger partial charge on any atom is -0.492 e. The highest BCUT2D eigenvalue weighted by atomic mass is 127. The SMILES string of the molecule is CN=C(NCCOc1cccc(C)c1)NCC(=O)NC(C)(C)C.I. The molecule has 3 N–H and O–H groups in total. The van der Waals surface area contributed by atoms with Crippen molar-refractivity contribution < 1.29 is 9.53 Å². The maximum atomic E-state index is 11.7. The number of carbonyl (C=O) groups is 1. The van der Waals surface area contributed by atoms with Crippen LogP contribution in [0.4, 0.5) is 0 Å². The molecule has 136 valence electrons. The van der Waals surface area contributed by atoms with Gasteiger partial charge in [-0.15, -0.1) is 24.0 Å². The van der Waals surface area contributed by atoms with E-state index in [0.717, 1.165) is 11.3 Å². The first-order valence-corrected chi connectivity index (χ1v) is 7.75. The molecule has 1 amide bonds. The summed E-state index contributed by atoms with van der Waals surface area (Å²) in [7, 11) is 1.67. The van der Waals surface area contributed by atoms with E-state index in [1.807, 2.05) is 52.0 Å². The van der Waals surface area contributed by atoms with Gasteiger partial charge in [-0.3, -0.25) is 9.79 Å². The van der Waals surface area contributed by atoms with Crippen LogP contribution in [0.15, 0.2) is 29.3 Å². The number of benzene rings is 1. The molecule has 0 bridgehead atoms. The number of aryl methyl sites for hydroxylation is 1. The summed E-state index contributed by atoms with van der Waals surface area (Å²) in [6.07, 6.45) is 0. The fourth-order valence-electron chi connectivity index (χ4n) is 1.89. The van der Waals surface area contributed by atoms with Crippen LogP contribution in [0.2, 0.25) is 0 Å². The third-order valence-electron chi connectivity index (χ3n) is 2.81. The van der Waals surface area contributed by atoms with Crippen molar-refractivity contribution in [3.63, 3.8) is 0 Å². The van der Waals surface area contributed by atoms with Crippen molar-refractivity contribution in [1.82, 2.24) is 16.0 Å². The summed E-state index contributed by atoms with van der Waals surface area (Å²) in [6.45, 7) is 9.14. The minimum absolute atomic E-state index is 0. The molecule has 6 nitrogen and oxygen atoms in total. The Labute approximate surface area is 161 Å². The monoisotopic (exact) mass is 448 g/mol. The van der Waals surface area contributed by atoms with Gasteiger partial charge in [-0.1, -0.05) is 12.1 Å². The van der Waals surface area contributed by atoms with E-state index in [-0.39, 0.29) is 42.0 Å². The van der Waals surface area contributed by atoms with Crippen LogP contribution in [0, 0.1) is 6.92 Å². The molecule has 0 aromatic heterocycles. The predicted octanol–water partition coefficient (Wildman–Crippen LogP) is 2.07. The first kappa shape index (κ1) is 22.5. The largest absolute Gasteiger partial charge is 0.492 e. The quantitative estimate of drug-likeness (QED) is 0.270. The van der Waals surface area contributed by atoms with Gasteiger partial charge in [-0.25, -0.2) is 0 Å². The van der Waals surface area contributed by atoms with Gasteiger partial charge in [0.15, 0.2) is 5.96 Å².